The van der Waals surface area contributed by atoms with E-state index in [1.54, 1.807) is 24.3 Å². The van der Waals surface area contributed by atoms with Crippen LogP contribution in [0.15, 0.2) is 36.4 Å². The van der Waals surface area contributed by atoms with E-state index in [0.29, 0.717) is 49.5 Å². The summed E-state index contributed by atoms with van der Waals surface area (Å²) in [7, 11) is 0. The number of nitrogens with zero attached hydrogens (tertiary/aromatic N) is 2. The minimum Gasteiger partial charge on any atom is -0.457 e. The third kappa shape index (κ3) is 6.13. The number of nitrogens with one attached hydrogen (secondary N) is 1. The van der Waals surface area contributed by atoms with Crippen molar-refractivity contribution in [2.45, 2.75) is 26.2 Å². The highest BCUT2D eigenvalue weighted by molar-refractivity contribution is 7.14. The monoisotopic (exact) mass is 459 g/mol. The fourth-order valence-corrected chi connectivity index (χ4v) is 4.52. The van der Waals surface area contributed by atoms with E-state index in [4.69, 9.17) is 4.74 Å². The van der Waals surface area contributed by atoms with Crippen LogP contribution in [0.25, 0.3) is 0 Å². The number of anilines is 1. The SMILES string of the molecule is CC(=O)NCCc1ccc(C(=O)COC(=O)C2CCN(c3ccccc3[N+](=O)[O-])CC2)s1. The first-order valence-electron chi connectivity index (χ1n) is 10.4. The Balaban J connectivity index is 1.45. The van der Waals surface area contributed by atoms with E-state index in [1.165, 1.54) is 24.3 Å². The number of hydrogen-bond donors (Lipinski definition) is 1. The minimum absolute atomic E-state index is 0.0477. The van der Waals surface area contributed by atoms with Gasteiger partial charge in [0, 0.05) is 37.5 Å². The highest BCUT2D eigenvalue weighted by Crippen LogP contribution is 2.31. The quantitative estimate of drug-likeness (QED) is 0.265. The number of carbonyl (C=O) groups is 3. The van der Waals surface area contributed by atoms with Gasteiger partial charge in [-0.3, -0.25) is 24.5 Å². The van der Waals surface area contributed by atoms with Crippen LogP contribution in [0.3, 0.4) is 0 Å². The molecule has 0 unspecified atom stereocenters. The lowest BCUT2D eigenvalue weighted by atomic mass is 9.96. The molecule has 1 aliphatic heterocycles. The summed E-state index contributed by atoms with van der Waals surface area (Å²) in [5.74, 6) is -1.11. The standard InChI is InChI=1S/C22H25N3O6S/c1-15(26)23-11-8-17-6-7-21(32-17)20(27)14-31-22(28)16-9-12-24(13-10-16)18-4-2-3-5-19(18)25(29)30/h2-7,16H,8-14H2,1H3,(H,23,26). The highest BCUT2D eigenvalue weighted by Gasteiger charge is 2.29. The summed E-state index contributed by atoms with van der Waals surface area (Å²) in [5, 5.41) is 13.9. The van der Waals surface area contributed by atoms with E-state index in [2.05, 4.69) is 5.32 Å². The average molecular weight is 460 g/mol. The molecule has 0 aliphatic carbocycles. The van der Waals surface area contributed by atoms with Gasteiger partial charge in [0.15, 0.2) is 6.61 Å². The zero-order valence-corrected chi connectivity index (χ0v) is 18.6. The van der Waals surface area contributed by atoms with Crippen LogP contribution in [-0.4, -0.2) is 48.8 Å². The van der Waals surface area contributed by atoms with Gasteiger partial charge in [0.2, 0.25) is 11.7 Å². The van der Waals surface area contributed by atoms with E-state index in [0.717, 1.165) is 4.88 Å². The van der Waals surface area contributed by atoms with Crippen LogP contribution < -0.4 is 10.2 Å². The summed E-state index contributed by atoms with van der Waals surface area (Å²) >= 11 is 1.33. The number of Topliss-reactive ketones (excluding diaryl/α,β-unsaturated/α-hetero) is 1. The van der Waals surface area contributed by atoms with Gasteiger partial charge in [0.1, 0.15) is 5.69 Å². The second-order valence-electron chi connectivity index (χ2n) is 7.54. The maximum atomic E-state index is 12.4. The Hall–Kier alpha value is -3.27. The molecule has 1 N–H and O–H groups in total. The summed E-state index contributed by atoms with van der Waals surface area (Å²) in [5.41, 5.74) is 0.595. The summed E-state index contributed by atoms with van der Waals surface area (Å²) in [6.07, 6.45) is 1.65. The number of hydrogen-bond acceptors (Lipinski definition) is 8. The smallest absolute Gasteiger partial charge is 0.309 e. The van der Waals surface area contributed by atoms with Crippen molar-refractivity contribution in [2.24, 2.45) is 5.92 Å². The molecule has 170 valence electrons. The summed E-state index contributed by atoms with van der Waals surface area (Å²) in [6, 6.07) is 10.1. The predicted octanol–water partition coefficient (Wildman–Crippen LogP) is 2.98. The van der Waals surface area contributed by atoms with Gasteiger partial charge >= 0.3 is 5.97 Å². The molecular formula is C22H25N3O6S. The molecule has 2 heterocycles. The number of piperidine rings is 1. The Morgan fingerprint density at radius 3 is 2.59 bits per heavy atom. The Kier molecular flexibility index (Phi) is 7.93. The summed E-state index contributed by atoms with van der Waals surface area (Å²) in [6.45, 7) is 2.65. The van der Waals surface area contributed by atoms with Crippen molar-refractivity contribution in [3.8, 4) is 0 Å². The lowest BCUT2D eigenvalue weighted by molar-refractivity contribution is -0.384. The summed E-state index contributed by atoms with van der Waals surface area (Å²) in [4.78, 5) is 49.9. The fourth-order valence-electron chi connectivity index (χ4n) is 3.59. The minimum atomic E-state index is -0.414. The van der Waals surface area contributed by atoms with E-state index in [9.17, 15) is 24.5 Å². The molecular weight excluding hydrogens is 434 g/mol. The fraction of sp³-hybridized carbons (Fsp3) is 0.409. The number of nitro benzene ring substituents is 1. The van der Waals surface area contributed by atoms with Crippen molar-refractivity contribution in [3.05, 3.63) is 56.3 Å². The number of para-hydroxylation sites is 2. The number of ether oxygens (including phenoxy) is 1. The van der Waals surface area contributed by atoms with E-state index < -0.39 is 10.9 Å². The Morgan fingerprint density at radius 2 is 1.91 bits per heavy atom. The molecule has 0 atom stereocenters. The molecule has 0 saturated carbocycles. The molecule has 0 bridgehead atoms. The van der Waals surface area contributed by atoms with Crippen LogP contribution >= 0.6 is 11.3 Å². The molecule has 32 heavy (non-hydrogen) atoms. The van der Waals surface area contributed by atoms with Crippen LogP contribution in [0.1, 0.15) is 34.3 Å². The largest absolute Gasteiger partial charge is 0.457 e. The van der Waals surface area contributed by atoms with Crippen molar-refractivity contribution in [2.75, 3.05) is 31.1 Å². The highest BCUT2D eigenvalue weighted by atomic mass is 32.1. The lowest BCUT2D eigenvalue weighted by Crippen LogP contribution is -2.37. The topological polar surface area (TPSA) is 119 Å². The van der Waals surface area contributed by atoms with E-state index in [1.807, 2.05) is 11.0 Å². The molecule has 1 saturated heterocycles. The molecule has 1 aromatic carbocycles. The first kappa shape index (κ1) is 23.4. The zero-order chi connectivity index (χ0) is 23.1. The molecule has 10 heteroatoms. The molecule has 1 aliphatic rings. The molecule has 0 spiro atoms. The van der Waals surface area contributed by atoms with Crippen molar-refractivity contribution in [1.29, 1.82) is 0 Å². The maximum Gasteiger partial charge on any atom is 0.309 e. The van der Waals surface area contributed by atoms with Crippen LogP contribution in [-0.2, 0) is 20.7 Å². The Bertz CT molecular complexity index is 997. The second kappa shape index (κ2) is 10.9. The van der Waals surface area contributed by atoms with Gasteiger partial charge in [-0.05, 0) is 37.5 Å². The van der Waals surface area contributed by atoms with Crippen molar-refractivity contribution in [1.82, 2.24) is 5.32 Å². The molecule has 3 rings (SSSR count). The third-order valence-electron chi connectivity index (χ3n) is 5.27. The van der Waals surface area contributed by atoms with Crippen molar-refractivity contribution >= 4 is 40.4 Å². The number of benzene rings is 1. The van der Waals surface area contributed by atoms with Gasteiger partial charge < -0.3 is 15.0 Å². The van der Waals surface area contributed by atoms with Crippen LogP contribution in [0.5, 0.6) is 0 Å². The molecule has 9 nitrogen and oxygen atoms in total. The normalized spacial score (nSPS) is 14.1. The maximum absolute atomic E-state index is 12.4. The van der Waals surface area contributed by atoms with E-state index in [-0.39, 0.29) is 29.9 Å². The number of rotatable bonds is 9. The van der Waals surface area contributed by atoms with Gasteiger partial charge in [-0.15, -0.1) is 11.3 Å². The van der Waals surface area contributed by atoms with Crippen LogP contribution in [0.2, 0.25) is 0 Å². The molecule has 1 aromatic heterocycles. The Labute approximate surface area is 189 Å². The first-order chi connectivity index (χ1) is 15.3. The van der Waals surface area contributed by atoms with Gasteiger partial charge in [-0.25, -0.2) is 0 Å². The molecule has 0 radical (unpaired) electrons. The van der Waals surface area contributed by atoms with Crippen molar-refractivity contribution in [3.63, 3.8) is 0 Å². The molecule has 1 amide bonds. The number of amides is 1. The third-order valence-corrected chi connectivity index (χ3v) is 6.46. The number of ketones is 1. The van der Waals surface area contributed by atoms with Crippen molar-refractivity contribution < 1.29 is 24.0 Å². The number of carbonyl (C=O) groups excluding carboxylic acids is 3. The van der Waals surface area contributed by atoms with Crippen LogP contribution in [0, 0.1) is 16.0 Å². The van der Waals surface area contributed by atoms with Gasteiger partial charge in [0.05, 0.1) is 15.7 Å². The second-order valence-corrected chi connectivity index (χ2v) is 8.71. The number of nitro groups is 1. The van der Waals surface area contributed by atoms with Gasteiger partial charge in [-0.2, -0.15) is 0 Å². The predicted molar refractivity (Wildman–Crippen MR) is 120 cm³/mol. The lowest BCUT2D eigenvalue weighted by Gasteiger charge is -2.32. The number of esters is 1. The number of thiophene rings is 1. The van der Waals surface area contributed by atoms with Crippen LogP contribution in [0.4, 0.5) is 11.4 Å². The first-order valence-corrected chi connectivity index (χ1v) is 11.2. The van der Waals surface area contributed by atoms with E-state index >= 15 is 0 Å². The average Bonchev–Trinajstić information content (AvgIpc) is 3.26. The Morgan fingerprint density at radius 1 is 1.19 bits per heavy atom. The molecule has 2 aromatic rings. The zero-order valence-electron chi connectivity index (χ0n) is 17.7. The van der Waals surface area contributed by atoms with Gasteiger partial charge in [0.25, 0.3) is 5.69 Å². The van der Waals surface area contributed by atoms with Gasteiger partial charge in [-0.1, -0.05) is 12.1 Å². The molecule has 1 fully saturated rings. The summed E-state index contributed by atoms with van der Waals surface area (Å²) < 4.78 is 5.26.